The molecule has 0 saturated heterocycles. The van der Waals surface area contributed by atoms with Crippen LogP contribution in [0, 0.1) is 0 Å². The van der Waals surface area contributed by atoms with Crippen molar-refractivity contribution in [3.8, 4) is 10.7 Å². The second-order valence-corrected chi connectivity index (χ2v) is 6.68. The van der Waals surface area contributed by atoms with Gasteiger partial charge in [0.05, 0.1) is 10.4 Å². The minimum atomic E-state index is -0.200. The fraction of sp³-hybridized carbons (Fsp3) is 0.533. The zero-order chi connectivity index (χ0) is 15.4. The minimum absolute atomic E-state index is 0.00298. The van der Waals surface area contributed by atoms with Crippen LogP contribution in [-0.2, 0) is 11.2 Å². The van der Waals surface area contributed by atoms with E-state index in [9.17, 15) is 4.79 Å². The average molecular weight is 320 g/mol. The number of nitrogens with two attached hydrogens (primary N) is 1. The summed E-state index contributed by atoms with van der Waals surface area (Å²) in [6, 6.07) is 3.88. The van der Waals surface area contributed by atoms with Crippen LogP contribution < -0.4 is 11.1 Å². The van der Waals surface area contributed by atoms with Crippen molar-refractivity contribution in [3.05, 3.63) is 23.4 Å². The molecule has 1 fully saturated rings. The molecule has 1 aliphatic rings. The Kier molecular flexibility index (Phi) is 4.54. The number of hydrogen-bond acceptors (Lipinski definition) is 6. The molecule has 1 amide bonds. The Morgan fingerprint density at radius 3 is 2.95 bits per heavy atom. The van der Waals surface area contributed by atoms with Crippen LogP contribution >= 0.6 is 11.3 Å². The van der Waals surface area contributed by atoms with Gasteiger partial charge in [-0.1, -0.05) is 24.1 Å². The van der Waals surface area contributed by atoms with Gasteiger partial charge >= 0.3 is 0 Å². The molecule has 3 N–H and O–H groups in total. The molecule has 22 heavy (non-hydrogen) atoms. The van der Waals surface area contributed by atoms with Gasteiger partial charge in [-0.3, -0.25) is 4.79 Å². The van der Waals surface area contributed by atoms with E-state index in [1.165, 1.54) is 0 Å². The Balaban J connectivity index is 1.53. The Morgan fingerprint density at radius 2 is 2.27 bits per heavy atom. The van der Waals surface area contributed by atoms with Gasteiger partial charge in [0, 0.05) is 19.4 Å². The van der Waals surface area contributed by atoms with Crippen LogP contribution in [0.5, 0.6) is 0 Å². The number of amides is 1. The summed E-state index contributed by atoms with van der Waals surface area (Å²) in [4.78, 5) is 17.4. The molecule has 0 radical (unpaired) electrons. The van der Waals surface area contributed by atoms with E-state index in [2.05, 4.69) is 15.5 Å². The Bertz CT molecular complexity index is 617. The lowest BCUT2D eigenvalue weighted by atomic mass is 9.97. The molecule has 7 heteroatoms. The van der Waals surface area contributed by atoms with Crippen LogP contribution in [0.1, 0.15) is 38.0 Å². The van der Waals surface area contributed by atoms with E-state index in [-0.39, 0.29) is 11.4 Å². The fourth-order valence-electron chi connectivity index (χ4n) is 2.87. The summed E-state index contributed by atoms with van der Waals surface area (Å²) in [5.41, 5.74) is 5.63. The van der Waals surface area contributed by atoms with E-state index < -0.39 is 0 Å². The minimum Gasteiger partial charge on any atom is -0.349 e. The molecule has 0 bridgehead atoms. The summed E-state index contributed by atoms with van der Waals surface area (Å²) >= 11 is 1.56. The summed E-state index contributed by atoms with van der Waals surface area (Å²) in [7, 11) is 0. The summed E-state index contributed by atoms with van der Waals surface area (Å²) in [6.45, 7) is 0.502. The van der Waals surface area contributed by atoms with E-state index in [0.29, 0.717) is 31.1 Å². The van der Waals surface area contributed by atoms with Crippen molar-refractivity contribution >= 4 is 17.2 Å². The highest BCUT2D eigenvalue weighted by Crippen LogP contribution is 2.28. The molecule has 2 heterocycles. The van der Waals surface area contributed by atoms with Gasteiger partial charge in [0.1, 0.15) is 0 Å². The van der Waals surface area contributed by atoms with Crippen LogP contribution in [0.25, 0.3) is 10.7 Å². The maximum absolute atomic E-state index is 12.1. The molecule has 0 spiro atoms. The Labute approximate surface area is 133 Å². The summed E-state index contributed by atoms with van der Waals surface area (Å²) in [6.07, 6.45) is 4.99. The summed E-state index contributed by atoms with van der Waals surface area (Å²) < 4.78 is 5.20. The van der Waals surface area contributed by atoms with E-state index in [1.807, 2.05) is 17.5 Å². The third-order valence-electron chi connectivity index (χ3n) is 4.13. The molecule has 1 saturated carbocycles. The smallest absolute Gasteiger partial charge is 0.227 e. The number of aromatic nitrogens is 2. The third kappa shape index (κ3) is 3.36. The van der Waals surface area contributed by atoms with Crippen LogP contribution in [0.4, 0.5) is 0 Å². The summed E-state index contributed by atoms with van der Waals surface area (Å²) in [5, 5.41) is 9.00. The quantitative estimate of drug-likeness (QED) is 0.850. The molecule has 2 aromatic heterocycles. The van der Waals surface area contributed by atoms with Gasteiger partial charge in [0.25, 0.3) is 0 Å². The largest absolute Gasteiger partial charge is 0.349 e. The van der Waals surface area contributed by atoms with Crippen molar-refractivity contribution in [2.75, 3.05) is 6.54 Å². The second kappa shape index (κ2) is 6.58. The maximum atomic E-state index is 12.1. The molecule has 0 aliphatic heterocycles. The van der Waals surface area contributed by atoms with Crippen molar-refractivity contribution in [1.29, 1.82) is 0 Å². The van der Waals surface area contributed by atoms with Crippen LogP contribution in [0.15, 0.2) is 22.0 Å². The second-order valence-electron chi connectivity index (χ2n) is 5.73. The van der Waals surface area contributed by atoms with E-state index >= 15 is 0 Å². The molecule has 3 rings (SSSR count). The topological polar surface area (TPSA) is 94.0 Å². The van der Waals surface area contributed by atoms with Crippen molar-refractivity contribution in [1.82, 2.24) is 15.5 Å². The Hall–Kier alpha value is -1.73. The van der Waals surface area contributed by atoms with E-state index in [1.54, 1.807) is 11.3 Å². The van der Waals surface area contributed by atoms with Gasteiger partial charge in [-0.15, -0.1) is 11.3 Å². The number of aryl methyl sites for hydroxylation is 1. The number of nitrogens with one attached hydrogen (secondary N) is 1. The number of thiophene rings is 1. The molecule has 0 atom stereocenters. The van der Waals surface area contributed by atoms with Crippen LogP contribution in [0.3, 0.4) is 0 Å². The van der Waals surface area contributed by atoms with Gasteiger partial charge in [-0.2, -0.15) is 4.98 Å². The molecule has 0 unspecified atom stereocenters. The van der Waals surface area contributed by atoms with E-state index in [0.717, 1.165) is 30.6 Å². The van der Waals surface area contributed by atoms with Crippen molar-refractivity contribution in [2.24, 2.45) is 5.73 Å². The van der Waals surface area contributed by atoms with Crippen molar-refractivity contribution in [2.45, 2.75) is 44.1 Å². The van der Waals surface area contributed by atoms with Crippen molar-refractivity contribution in [3.63, 3.8) is 0 Å². The molecule has 2 aromatic rings. The highest BCUT2D eigenvalue weighted by atomic mass is 32.1. The van der Waals surface area contributed by atoms with Gasteiger partial charge in [-0.25, -0.2) is 0 Å². The summed E-state index contributed by atoms with van der Waals surface area (Å²) in [5.74, 6) is 1.08. The standard InChI is InChI=1S/C15H20N4O2S/c16-10-15(7-1-2-8-15)18-12(20)5-6-13-17-14(19-21-13)11-4-3-9-22-11/h3-4,9H,1-2,5-8,10,16H2,(H,18,20). The third-order valence-corrected chi connectivity index (χ3v) is 5.00. The predicted octanol–water partition coefficient (Wildman–Crippen LogP) is 2.12. The van der Waals surface area contributed by atoms with Gasteiger partial charge in [0.2, 0.25) is 17.6 Å². The first-order valence-electron chi connectivity index (χ1n) is 7.58. The number of hydrogen-bond donors (Lipinski definition) is 2. The lowest BCUT2D eigenvalue weighted by Crippen LogP contribution is -2.51. The fourth-order valence-corrected chi connectivity index (χ4v) is 3.52. The van der Waals surface area contributed by atoms with Gasteiger partial charge < -0.3 is 15.6 Å². The normalized spacial score (nSPS) is 16.8. The SMILES string of the molecule is NCC1(NC(=O)CCc2nc(-c3cccs3)no2)CCCC1. The van der Waals surface area contributed by atoms with Gasteiger partial charge in [0.15, 0.2) is 0 Å². The first-order valence-corrected chi connectivity index (χ1v) is 8.46. The molecule has 118 valence electrons. The highest BCUT2D eigenvalue weighted by Gasteiger charge is 2.33. The first-order chi connectivity index (χ1) is 10.7. The Morgan fingerprint density at radius 1 is 1.45 bits per heavy atom. The number of nitrogens with zero attached hydrogens (tertiary/aromatic N) is 2. The first kappa shape index (κ1) is 15.2. The number of carbonyl (C=O) groups is 1. The number of rotatable bonds is 6. The molecule has 6 nitrogen and oxygen atoms in total. The predicted molar refractivity (Wildman–Crippen MR) is 84.3 cm³/mol. The van der Waals surface area contributed by atoms with Crippen molar-refractivity contribution < 1.29 is 9.32 Å². The van der Waals surface area contributed by atoms with Crippen LogP contribution in [-0.4, -0.2) is 28.1 Å². The van der Waals surface area contributed by atoms with Crippen LogP contribution in [0.2, 0.25) is 0 Å². The molecular weight excluding hydrogens is 300 g/mol. The molecule has 0 aromatic carbocycles. The lowest BCUT2D eigenvalue weighted by molar-refractivity contribution is -0.123. The zero-order valence-corrected chi connectivity index (χ0v) is 13.2. The van der Waals surface area contributed by atoms with Gasteiger partial charge in [-0.05, 0) is 24.3 Å². The average Bonchev–Trinajstić information content (AvgIpc) is 3.26. The number of carbonyl (C=O) groups excluding carboxylic acids is 1. The zero-order valence-electron chi connectivity index (χ0n) is 12.4. The molecular formula is C15H20N4O2S. The maximum Gasteiger partial charge on any atom is 0.227 e. The molecule has 1 aliphatic carbocycles. The van der Waals surface area contributed by atoms with E-state index in [4.69, 9.17) is 10.3 Å². The highest BCUT2D eigenvalue weighted by molar-refractivity contribution is 7.13. The lowest BCUT2D eigenvalue weighted by Gasteiger charge is -2.28. The monoisotopic (exact) mass is 320 g/mol.